The van der Waals surface area contributed by atoms with Crippen LogP contribution in [0.3, 0.4) is 0 Å². The highest BCUT2D eigenvalue weighted by Gasteiger charge is 2.30. The highest BCUT2D eigenvalue weighted by Crippen LogP contribution is 2.29. The van der Waals surface area contributed by atoms with Gasteiger partial charge in [-0.3, -0.25) is 4.79 Å². The molecule has 1 amide bonds. The van der Waals surface area contributed by atoms with Crippen LogP contribution in [0.2, 0.25) is 0 Å². The van der Waals surface area contributed by atoms with Gasteiger partial charge in [-0.05, 0) is 42.5 Å². The van der Waals surface area contributed by atoms with Gasteiger partial charge in [0.25, 0.3) is 0 Å². The Morgan fingerprint density at radius 2 is 1.85 bits per heavy atom. The lowest BCUT2D eigenvalue weighted by atomic mass is 10.1. The molecule has 136 valence electrons. The second-order valence-electron chi connectivity index (χ2n) is 5.49. The third-order valence-corrected chi connectivity index (χ3v) is 3.44. The van der Waals surface area contributed by atoms with Gasteiger partial charge in [-0.15, -0.1) is 0 Å². The average Bonchev–Trinajstić information content (AvgIpc) is 2.59. The molecule has 0 aliphatic rings. The average molecular weight is 364 g/mol. The minimum Gasteiger partial charge on any atom is -0.365 e. The van der Waals surface area contributed by atoms with E-state index in [2.05, 4.69) is 17.2 Å². The van der Waals surface area contributed by atoms with Crippen molar-refractivity contribution in [1.82, 2.24) is 5.32 Å². The zero-order chi connectivity index (χ0) is 19.2. The summed E-state index contributed by atoms with van der Waals surface area (Å²) in [6.45, 7) is 0.0448. The maximum Gasteiger partial charge on any atom is 0.416 e. The van der Waals surface area contributed by atoms with Crippen molar-refractivity contribution in [3.05, 3.63) is 65.5 Å². The van der Waals surface area contributed by atoms with E-state index >= 15 is 0 Å². The standard InChI is InChI=1S/C19H16F4N2O/c1-25(17-9-7-16(20)8-10-17)13-18(26)24-11-3-5-14-4-2-6-15(12-14)19(21,22)23/h2,4,6-10,12H,11,13H2,1H3,(H,24,26). The molecule has 0 saturated carbocycles. The normalized spacial score (nSPS) is 10.7. The number of nitrogens with zero attached hydrogens (tertiary/aromatic N) is 1. The van der Waals surface area contributed by atoms with Crippen LogP contribution in [0.25, 0.3) is 0 Å². The summed E-state index contributed by atoms with van der Waals surface area (Å²) in [7, 11) is 1.68. The lowest BCUT2D eigenvalue weighted by Gasteiger charge is -2.18. The van der Waals surface area contributed by atoms with Crippen LogP contribution in [-0.2, 0) is 11.0 Å². The predicted molar refractivity (Wildman–Crippen MR) is 91.0 cm³/mol. The van der Waals surface area contributed by atoms with Crippen LogP contribution in [0.4, 0.5) is 23.2 Å². The van der Waals surface area contributed by atoms with Crippen molar-refractivity contribution in [1.29, 1.82) is 0 Å². The fraction of sp³-hybridized carbons (Fsp3) is 0.211. The fourth-order valence-corrected chi connectivity index (χ4v) is 2.12. The summed E-state index contributed by atoms with van der Waals surface area (Å²) in [6, 6.07) is 10.4. The second kappa shape index (κ2) is 8.39. The van der Waals surface area contributed by atoms with Gasteiger partial charge in [0.15, 0.2) is 0 Å². The Balaban J connectivity index is 1.85. The molecule has 2 rings (SSSR count). The summed E-state index contributed by atoms with van der Waals surface area (Å²) in [6.07, 6.45) is -4.42. The zero-order valence-corrected chi connectivity index (χ0v) is 13.9. The van der Waals surface area contributed by atoms with Crippen LogP contribution >= 0.6 is 0 Å². The van der Waals surface area contributed by atoms with Crippen LogP contribution in [0.1, 0.15) is 11.1 Å². The van der Waals surface area contributed by atoms with Gasteiger partial charge in [0, 0.05) is 18.3 Å². The molecular weight excluding hydrogens is 348 g/mol. The van der Waals surface area contributed by atoms with E-state index in [1.807, 2.05) is 0 Å². The Bertz CT molecular complexity index is 820. The monoisotopic (exact) mass is 364 g/mol. The van der Waals surface area contributed by atoms with Crippen molar-refractivity contribution in [3.8, 4) is 11.8 Å². The first kappa shape index (κ1) is 19.3. The van der Waals surface area contributed by atoms with E-state index in [4.69, 9.17) is 0 Å². The Labute approximate surface area is 148 Å². The number of rotatable bonds is 4. The molecule has 0 bridgehead atoms. The van der Waals surface area contributed by atoms with Crippen molar-refractivity contribution in [2.24, 2.45) is 0 Å². The molecule has 0 aromatic heterocycles. The van der Waals surface area contributed by atoms with Crippen molar-refractivity contribution in [2.75, 3.05) is 25.0 Å². The minimum atomic E-state index is -4.42. The van der Waals surface area contributed by atoms with Crippen molar-refractivity contribution >= 4 is 11.6 Å². The van der Waals surface area contributed by atoms with Gasteiger partial charge in [-0.1, -0.05) is 17.9 Å². The fourth-order valence-electron chi connectivity index (χ4n) is 2.12. The highest BCUT2D eigenvalue weighted by atomic mass is 19.4. The first-order valence-electron chi connectivity index (χ1n) is 7.65. The maximum atomic E-state index is 12.9. The third-order valence-electron chi connectivity index (χ3n) is 3.44. The largest absolute Gasteiger partial charge is 0.416 e. The third kappa shape index (κ3) is 5.81. The number of likely N-dealkylation sites (N-methyl/N-ethyl adjacent to an activating group) is 1. The van der Waals surface area contributed by atoms with Gasteiger partial charge in [-0.25, -0.2) is 4.39 Å². The van der Waals surface area contributed by atoms with Gasteiger partial charge >= 0.3 is 6.18 Å². The van der Waals surface area contributed by atoms with Gasteiger partial charge in [0.05, 0.1) is 18.7 Å². The number of hydrogen-bond donors (Lipinski definition) is 1. The molecule has 1 N–H and O–H groups in total. The summed E-state index contributed by atoms with van der Waals surface area (Å²) in [4.78, 5) is 13.5. The van der Waals surface area contributed by atoms with Gasteiger partial charge in [0.2, 0.25) is 5.91 Å². The Morgan fingerprint density at radius 1 is 1.15 bits per heavy atom. The molecule has 26 heavy (non-hydrogen) atoms. The second-order valence-corrected chi connectivity index (χ2v) is 5.49. The maximum absolute atomic E-state index is 12.9. The summed E-state index contributed by atoms with van der Waals surface area (Å²) in [5.41, 5.74) is 0.128. The minimum absolute atomic E-state index is 0.00629. The summed E-state index contributed by atoms with van der Waals surface area (Å²) < 4.78 is 50.7. The number of benzene rings is 2. The molecule has 0 unspecified atom stereocenters. The Kier molecular flexibility index (Phi) is 6.23. The molecule has 0 heterocycles. The highest BCUT2D eigenvalue weighted by molar-refractivity contribution is 5.81. The van der Waals surface area contributed by atoms with E-state index in [1.165, 1.54) is 24.3 Å². The van der Waals surface area contributed by atoms with Crippen LogP contribution in [0, 0.1) is 17.7 Å². The summed E-state index contributed by atoms with van der Waals surface area (Å²) in [5, 5.41) is 2.56. The number of carbonyl (C=O) groups excluding carboxylic acids is 1. The number of anilines is 1. The molecule has 0 fully saturated rings. The number of alkyl halides is 3. The first-order chi connectivity index (χ1) is 12.3. The van der Waals surface area contributed by atoms with E-state index in [1.54, 1.807) is 24.1 Å². The van der Waals surface area contributed by atoms with Crippen LogP contribution in [-0.4, -0.2) is 26.0 Å². The molecule has 2 aromatic rings. The predicted octanol–water partition coefficient (Wildman–Crippen LogP) is 3.45. The van der Waals surface area contributed by atoms with Crippen LogP contribution < -0.4 is 10.2 Å². The Morgan fingerprint density at radius 3 is 2.50 bits per heavy atom. The molecule has 7 heteroatoms. The van der Waals surface area contributed by atoms with E-state index < -0.39 is 11.7 Å². The molecule has 0 aliphatic carbocycles. The Hall–Kier alpha value is -3.01. The number of amides is 1. The van der Waals surface area contributed by atoms with Crippen molar-refractivity contribution < 1.29 is 22.4 Å². The number of nitrogens with one attached hydrogen (secondary N) is 1. The molecule has 0 atom stereocenters. The lowest BCUT2D eigenvalue weighted by molar-refractivity contribution is -0.137. The summed E-state index contributed by atoms with van der Waals surface area (Å²) in [5.74, 6) is 4.52. The van der Waals surface area contributed by atoms with Gasteiger partial charge in [-0.2, -0.15) is 13.2 Å². The first-order valence-corrected chi connectivity index (χ1v) is 7.65. The van der Waals surface area contributed by atoms with E-state index in [0.29, 0.717) is 5.69 Å². The quantitative estimate of drug-likeness (QED) is 0.666. The van der Waals surface area contributed by atoms with Crippen LogP contribution in [0.15, 0.2) is 48.5 Å². The van der Waals surface area contributed by atoms with Gasteiger partial charge < -0.3 is 10.2 Å². The SMILES string of the molecule is CN(CC(=O)NCC#Cc1cccc(C(F)(F)F)c1)c1ccc(F)cc1. The molecule has 3 nitrogen and oxygen atoms in total. The smallest absolute Gasteiger partial charge is 0.365 e. The molecule has 0 spiro atoms. The number of carbonyl (C=O) groups is 1. The van der Waals surface area contributed by atoms with Gasteiger partial charge in [0.1, 0.15) is 5.82 Å². The molecule has 0 radical (unpaired) electrons. The molecular formula is C19H16F4N2O. The lowest BCUT2D eigenvalue weighted by Crippen LogP contribution is -2.35. The molecule has 0 saturated heterocycles. The van der Waals surface area contributed by atoms with Crippen molar-refractivity contribution in [2.45, 2.75) is 6.18 Å². The van der Waals surface area contributed by atoms with Crippen LogP contribution in [0.5, 0.6) is 0 Å². The van der Waals surface area contributed by atoms with E-state index in [-0.39, 0.29) is 30.4 Å². The summed E-state index contributed by atoms with van der Waals surface area (Å²) >= 11 is 0. The van der Waals surface area contributed by atoms with E-state index in [0.717, 1.165) is 12.1 Å². The van der Waals surface area contributed by atoms with E-state index in [9.17, 15) is 22.4 Å². The van der Waals surface area contributed by atoms with Crippen molar-refractivity contribution in [3.63, 3.8) is 0 Å². The molecule has 2 aromatic carbocycles. The zero-order valence-electron chi connectivity index (χ0n) is 13.9. The number of hydrogen-bond acceptors (Lipinski definition) is 2. The topological polar surface area (TPSA) is 32.3 Å². The number of halogens is 4. The molecule has 0 aliphatic heterocycles.